The van der Waals surface area contributed by atoms with Gasteiger partial charge in [-0.3, -0.25) is 4.57 Å². The summed E-state index contributed by atoms with van der Waals surface area (Å²) in [5, 5.41) is 0.672. The number of aryl methyl sites for hydroxylation is 1. The molecule has 134 valence electrons. The maximum absolute atomic E-state index is 6.52. The Hall–Kier alpha value is -2.44. The lowest BCUT2D eigenvalue weighted by Gasteiger charge is -2.29. The molecule has 0 saturated carbocycles. The molecule has 3 aromatic rings. The minimum absolute atomic E-state index is 0.672. The van der Waals surface area contributed by atoms with Crippen LogP contribution in [-0.4, -0.2) is 45.8 Å². The number of benzene rings is 1. The second-order valence-electron chi connectivity index (χ2n) is 6.07. The molecule has 0 radical (unpaired) electrons. The number of halogens is 1. The van der Waals surface area contributed by atoms with E-state index in [-0.39, 0.29) is 0 Å². The van der Waals surface area contributed by atoms with Crippen LogP contribution in [-0.2, 0) is 11.2 Å². The lowest BCUT2D eigenvalue weighted by Crippen LogP contribution is -2.36. The smallest absolute Gasteiger partial charge is 0.163 e. The Labute approximate surface area is 157 Å². The van der Waals surface area contributed by atoms with Crippen LogP contribution in [0.1, 0.15) is 12.7 Å². The summed E-state index contributed by atoms with van der Waals surface area (Å²) in [6.45, 7) is 5.28. The second-order valence-corrected chi connectivity index (χ2v) is 6.47. The van der Waals surface area contributed by atoms with Gasteiger partial charge in [-0.05, 0) is 24.3 Å². The topological polar surface area (TPSA) is 56.1 Å². The van der Waals surface area contributed by atoms with Crippen LogP contribution in [0.2, 0.25) is 5.02 Å². The maximum Gasteiger partial charge on any atom is 0.163 e. The molecule has 1 aliphatic rings. The van der Waals surface area contributed by atoms with Crippen LogP contribution >= 0.6 is 11.6 Å². The van der Waals surface area contributed by atoms with Gasteiger partial charge in [0.25, 0.3) is 0 Å². The first-order valence-electron chi connectivity index (χ1n) is 8.74. The van der Waals surface area contributed by atoms with Crippen molar-refractivity contribution in [2.45, 2.75) is 13.3 Å². The number of aromatic nitrogens is 4. The van der Waals surface area contributed by atoms with Crippen molar-refractivity contribution >= 4 is 17.3 Å². The molecule has 4 rings (SSSR count). The third-order valence-electron chi connectivity index (χ3n) is 4.46. The molecular weight excluding hydrogens is 350 g/mol. The third-order valence-corrected chi connectivity index (χ3v) is 4.78. The molecule has 0 spiro atoms. The number of ether oxygens (including phenoxy) is 1. The highest BCUT2D eigenvalue weighted by Gasteiger charge is 2.16. The highest BCUT2D eigenvalue weighted by Crippen LogP contribution is 2.30. The summed E-state index contributed by atoms with van der Waals surface area (Å²) < 4.78 is 7.43. The van der Waals surface area contributed by atoms with E-state index in [9.17, 15) is 0 Å². The highest BCUT2D eigenvalue weighted by molar-refractivity contribution is 6.32. The predicted octanol–water partition coefficient (Wildman–Crippen LogP) is 3.38. The van der Waals surface area contributed by atoms with E-state index in [4.69, 9.17) is 16.3 Å². The number of morpholine rings is 1. The van der Waals surface area contributed by atoms with Crippen LogP contribution in [0.5, 0.6) is 0 Å². The third kappa shape index (κ3) is 3.30. The van der Waals surface area contributed by atoms with Crippen molar-refractivity contribution in [3.63, 3.8) is 0 Å². The fourth-order valence-electron chi connectivity index (χ4n) is 3.09. The first kappa shape index (κ1) is 17.0. The SMILES string of the molecule is CCc1nccc(-c2nccn2-c2cc(N3CCOCC3)ccc2Cl)n1. The Morgan fingerprint density at radius 3 is 2.77 bits per heavy atom. The van der Waals surface area contributed by atoms with Crippen molar-refractivity contribution in [1.29, 1.82) is 0 Å². The average Bonchev–Trinajstić information content (AvgIpc) is 3.19. The number of nitrogens with zero attached hydrogens (tertiary/aromatic N) is 5. The highest BCUT2D eigenvalue weighted by atomic mass is 35.5. The van der Waals surface area contributed by atoms with E-state index >= 15 is 0 Å². The minimum Gasteiger partial charge on any atom is -0.378 e. The lowest BCUT2D eigenvalue weighted by molar-refractivity contribution is 0.122. The first-order chi connectivity index (χ1) is 12.8. The van der Waals surface area contributed by atoms with Crippen LogP contribution in [0, 0.1) is 0 Å². The minimum atomic E-state index is 0.672. The number of imidazole rings is 1. The molecule has 1 fully saturated rings. The lowest BCUT2D eigenvalue weighted by atomic mass is 10.2. The summed E-state index contributed by atoms with van der Waals surface area (Å²) in [6.07, 6.45) is 6.22. The number of anilines is 1. The molecule has 0 bridgehead atoms. The largest absolute Gasteiger partial charge is 0.378 e. The van der Waals surface area contributed by atoms with Gasteiger partial charge in [-0.25, -0.2) is 15.0 Å². The molecule has 1 saturated heterocycles. The zero-order valence-electron chi connectivity index (χ0n) is 14.6. The Kier molecular flexibility index (Phi) is 4.86. The number of hydrogen-bond donors (Lipinski definition) is 0. The van der Waals surface area contributed by atoms with Crippen LogP contribution in [0.15, 0.2) is 42.9 Å². The van der Waals surface area contributed by atoms with Crippen molar-refractivity contribution in [2.24, 2.45) is 0 Å². The molecule has 6 nitrogen and oxygen atoms in total. The number of rotatable bonds is 4. The number of hydrogen-bond acceptors (Lipinski definition) is 5. The van der Waals surface area contributed by atoms with Crippen molar-refractivity contribution in [2.75, 3.05) is 31.2 Å². The van der Waals surface area contributed by atoms with Gasteiger partial charge in [-0.15, -0.1) is 0 Å². The Morgan fingerprint density at radius 1 is 1.12 bits per heavy atom. The van der Waals surface area contributed by atoms with Crippen LogP contribution in [0.4, 0.5) is 5.69 Å². The van der Waals surface area contributed by atoms with E-state index < -0.39 is 0 Å². The van der Waals surface area contributed by atoms with Gasteiger partial charge in [0, 0.05) is 43.8 Å². The zero-order chi connectivity index (χ0) is 17.9. The Balaban J connectivity index is 1.75. The molecule has 0 amide bonds. The summed E-state index contributed by atoms with van der Waals surface area (Å²) in [5.74, 6) is 1.55. The van der Waals surface area contributed by atoms with Gasteiger partial charge in [0.15, 0.2) is 5.82 Å². The molecule has 0 atom stereocenters. The molecule has 1 aromatic carbocycles. The molecule has 2 aromatic heterocycles. The molecule has 1 aliphatic heterocycles. The van der Waals surface area contributed by atoms with Gasteiger partial charge >= 0.3 is 0 Å². The fourth-order valence-corrected chi connectivity index (χ4v) is 3.29. The second kappa shape index (κ2) is 7.43. The zero-order valence-corrected chi connectivity index (χ0v) is 15.4. The fraction of sp³-hybridized carbons (Fsp3) is 0.316. The molecule has 7 heteroatoms. The van der Waals surface area contributed by atoms with Crippen LogP contribution in [0.25, 0.3) is 17.2 Å². The first-order valence-corrected chi connectivity index (χ1v) is 9.12. The molecule has 26 heavy (non-hydrogen) atoms. The van der Waals surface area contributed by atoms with E-state index in [1.807, 2.05) is 35.9 Å². The van der Waals surface area contributed by atoms with Crippen LogP contribution in [0.3, 0.4) is 0 Å². The average molecular weight is 370 g/mol. The van der Waals surface area contributed by atoms with Crippen molar-refractivity contribution in [3.05, 3.63) is 53.7 Å². The van der Waals surface area contributed by atoms with E-state index in [1.165, 1.54) is 0 Å². The van der Waals surface area contributed by atoms with Crippen molar-refractivity contribution < 1.29 is 4.74 Å². The normalized spacial score (nSPS) is 14.6. The van der Waals surface area contributed by atoms with Gasteiger partial charge < -0.3 is 9.64 Å². The van der Waals surface area contributed by atoms with Crippen LogP contribution < -0.4 is 4.90 Å². The summed E-state index contributed by atoms with van der Waals surface area (Å²) in [7, 11) is 0. The summed E-state index contributed by atoms with van der Waals surface area (Å²) in [5.41, 5.74) is 2.80. The molecular formula is C19H20ClN5O. The predicted molar refractivity (Wildman–Crippen MR) is 102 cm³/mol. The van der Waals surface area contributed by atoms with Gasteiger partial charge in [0.05, 0.1) is 23.9 Å². The molecule has 0 aliphatic carbocycles. The molecule has 3 heterocycles. The monoisotopic (exact) mass is 369 g/mol. The van der Waals surface area contributed by atoms with E-state index in [0.717, 1.165) is 61.4 Å². The molecule has 0 unspecified atom stereocenters. The maximum atomic E-state index is 6.52. The van der Waals surface area contributed by atoms with Gasteiger partial charge in [-0.1, -0.05) is 18.5 Å². The summed E-state index contributed by atoms with van der Waals surface area (Å²) in [6, 6.07) is 7.95. The van der Waals surface area contributed by atoms with Crippen molar-refractivity contribution in [3.8, 4) is 17.2 Å². The van der Waals surface area contributed by atoms with Crippen molar-refractivity contribution in [1.82, 2.24) is 19.5 Å². The van der Waals surface area contributed by atoms with Gasteiger partial charge in [0.1, 0.15) is 11.5 Å². The van der Waals surface area contributed by atoms with E-state index in [0.29, 0.717) is 5.02 Å². The summed E-state index contributed by atoms with van der Waals surface area (Å²) >= 11 is 6.52. The Bertz CT molecular complexity index is 904. The van der Waals surface area contributed by atoms with E-state index in [2.05, 4.69) is 25.9 Å². The summed E-state index contributed by atoms with van der Waals surface area (Å²) in [4.78, 5) is 15.7. The Morgan fingerprint density at radius 2 is 1.96 bits per heavy atom. The molecule has 0 N–H and O–H groups in total. The van der Waals surface area contributed by atoms with E-state index in [1.54, 1.807) is 12.4 Å². The van der Waals surface area contributed by atoms with Gasteiger partial charge in [0.2, 0.25) is 0 Å². The van der Waals surface area contributed by atoms with Gasteiger partial charge in [-0.2, -0.15) is 0 Å². The standard InChI is InChI=1S/C19H20ClN5O/c1-2-18-21-6-5-16(23-18)19-22-7-8-25(19)17-13-14(3-4-15(17)20)24-9-11-26-12-10-24/h3-8,13H,2,9-12H2,1H3. The quantitative estimate of drug-likeness (QED) is 0.705.